The Morgan fingerprint density at radius 3 is 2.34 bits per heavy atom. The fraction of sp³-hybridized carbons (Fsp3) is 0.125. The summed E-state index contributed by atoms with van der Waals surface area (Å²) in [4.78, 5) is 25.0. The highest BCUT2D eigenvalue weighted by atomic mass is 16.2. The van der Waals surface area contributed by atoms with Crippen LogP contribution in [0.3, 0.4) is 0 Å². The summed E-state index contributed by atoms with van der Waals surface area (Å²) in [5.74, 6) is -0.255. The maximum Gasteiger partial charge on any atom is 0.275 e. The van der Waals surface area contributed by atoms with Crippen LogP contribution in [-0.2, 0) is 11.3 Å². The second kappa shape index (κ2) is 8.10. The minimum absolute atomic E-state index is 0.115. The molecule has 1 atom stereocenters. The fourth-order valence-corrected chi connectivity index (χ4v) is 3.34. The lowest BCUT2D eigenvalue weighted by molar-refractivity contribution is -0.122. The molecule has 0 spiro atoms. The highest BCUT2D eigenvalue weighted by Gasteiger charge is 2.12. The molecule has 0 aliphatic rings. The van der Waals surface area contributed by atoms with E-state index in [9.17, 15) is 9.59 Å². The standard InChI is InChI=1S/C24H21N3O2/c1-17(18-11-13-20(14-12-18)19-7-3-2-4-8-19)26-23(28)16-27-24(29)22-10-6-5-9-21(22)15-25-27/h2-15,17H,16H2,1H3,(H,26,28)/t17-/m0/s1. The Kier molecular flexibility index (Phi) is 5.20. The van der Waals surface area contributed by atoms with Crippen LogP contribution in [0.1, 0.15) is 18.5 Å². The van der Waals surface area contributed by atoms with Crippen LogP contribution < -0.4 is 10.9 Å². The van der Waals surface area contributed by atoms with Gasteiger partial charge in [0.25, 0.3) is 5.56 Å². The van der Waals surface area contributed by atoms with Crippen molar-refractivity contribution in [2.75, 3.05) is 0 Å². The summed E-state index contributed by atoms with van der Waals surface area (Å²) in [6.07, 6.45) is 1.61. The number of rotatable bonds is 5. The van der Waals surface area contributed by atoms with Gasteiger partial charge in [-0.2, -0.15) is 5.10 Å². The summed E-state index contributed by atoms with van der Waals surface area (Å²) < 4.78 is 1.20. The first-order valence-electron chi connectivity index (χ1n) is 9.51. The van der Waals surface area contributed by atoms with Crippen LogP contribution >= 0.6 is 0 Å². The van der Waals surface area contributed by atoms with Crippen molar-refractivity contribution in [3.63, 3.8) is 0 Å². The molecule has 4 rings (SSSR count). The van der Waals surface area contributed by atoms with Crippen LogP contribution in [0.4, 0.5) is 0 Å². The van der Waals surface area contributed by atoms with Gasteiger partial charge in [0.05, 0.1) is 17.6 Å². The van der Waals surface area contributed by atoms with Gasteiger partial charge in [-0.05, 0) is 29.7 Å². The molecule has 1 aromatic heterocycles. The van der Waals surface area contributed by atoms with Gasteiger partial charge in [-0.15, -0.1) is 0 Å². The number of hydrogen-bond acceptors (Lipinski definition) is 3. The molecule has 5 heteroatoms. The number of nitrogens with zero attached hydrogens (tertiary/aromatic N) is 2. The topological polar surface area (TPSA) is 64.0 Å². The van der Waals surface area contributed by atoms with Crippen molar-refractivity contribution >= 4 is 16.7 Å². The van der Waals surface area contributed by atoms with Gasteiger partial charge < -0.3 is 5.32 Å². The summed E-state index contributed by atoms with van der Waals surface area (Å²) in [5.41, 5.74) is 3.01. The normalized spacial score (nSPS) is 11.9. The summed E-state index contributed by atoms with van der Waals surface area (Å²) in [6.45, 7) is 1.81. The predicted molar refractivity (Wildman–Crippen MR) is 114 cm³/mol. The molecular formula is C24H21N3O2. The van der Waals surface area contributed by atoms with Gasteiger partial charge in [0.1, 0.15) is 6.54 Å². The molecule has 0 saturated heterocycles. The number of amides is 1. The number of aromatic nitrogens is 2. The van der Waals surface area contributed by atoms with Gasteiger partial charge in [0, 0.05) is 5.39 Å². The molecule has 5 nitrogen and oxygen atoms in total. The van der Waals surface area contributed by atoms with E-state index in [4.69, 9.17) is 0 Å². The minimum atomic E-state index is -0.266. The highest BCUT2D eigenvalue weighted by Crippen LogP contribution is 2.21. The Morgan fingerprint density at radius 1 is 0.931 bits per heavy atom. The zero-order valence-electron chi connectivity index (χ0n) is 16.1. The molecule has 1 heterocycles. The van der Waals surface area contributed by atoms with Crippen molar-refractivity contribution in [1.29, 1.82) is 0 Å². The fourth-order valence-electron chi connectivity index (χ4n) is 3.34. The van der Waals surface area contributed by atoms with E-state index in [2.05, 4.69) is 22.5 Å². The third-order valence-electron chi connectivity index (χ3n) is 4.95. The Labute approximate surface area is 168 Å². The van der Waals surface area contributed by atoms with E-state index in [0.717, 1.165) is 22.1 Å². The summed E-state index contributed by atoms with van der Waals surface area (Å²) in [5, 5.41) is 8.38. The van der Waals surface area contributed by atoms with Crippen LogP contribution in [-0.4, -0.2) is 15.7 Å². The van der Waals surface area contributed by atoms with Crippen LogP contribution in [0, 0.1) is 0 Å². The Balaban J connectivity index is 1.45. The lowest BCUT2D eigenvalue weighted by Crippen LogP contribution is -2.34. The number of nitrogens with one attached hydrogen (secondary N) is 1. The van der Waals surface area contributed by atoms with Crippen molar-refractivity contribution in [1.82, 2.24) is 15.1 Å². The molecule has 0 unspecified atom stereocenters. The number of carbonyl (C=O) groups is 1. The van der Waals surface area contributed by atoms with Gasteiger partial charge >= 0.3 is 0 Å². The van der Waals surface area contributed by atoms with Crippen LogP contribution in [0.25, 0.3) is 21.9 Å². The van der Waals surface area contributed by atoms with Gasteiger partial charge in [-0.1, -0.05) is 72.8 Å². The number of fused-ring (bicyclic) bond motifs is 1. The number of hydrogen-bond donors (Lipinski definition) is 1. The maximum absolute atomic E-state index is 12.5. The molecule has 0 bridgehead atoms. The predicted octanol–water partition coefficient (Wildman–Crippen LogP) is 3.94. The lowest BCUT2D eigenvalue weighted by Gasteiger charge is -2.15. The summed E-state index contributed by atoms with van der Waals surface area (Å²) in [7, 11) is 0. The first-order valence-corrected chi connectivity index (χ1v) is 9.51. The van der Waals surface area contributed by atoms with E-state index >= 15 is 0 Å². The highest BCUT2D eigenvalue weighted by molar-refractivity contribution is 5.81. The van der Waals surface area contributed by atoms with Crippen molar-refractivity contribution in [3.05, 3.63) is 101 Å². The second-order valence-corrected chi connectivity index (χ2v) is 6.97. The third kappa shape index (κ3) is 4.09. The van der Waals surface area contributed by atoms with Gasteiger partial charge in [-0.3, -0.25) is 9.59 Å². The molecule has 0 fully saturated rings. The second-order valence-electron chi connectivity index (χ2n) is 6.97. The monoisotopic (exact) mass is 383 g/mol. The summed E-state index contributed by atoms with van der Waals surface area (Å²) in [6, 6.07) is 25.3. The average Bonchev–Trinajstić information content (AvgIpc) is 2.76. The van der Waals surface area contributed by atoms with Crippen molar-refractivity contribution in [3.8, 4) is 11.1 Å². The Hall–Kier alpha value is -3.73. The molecule has 0 aliphatic carbocycles. The molecule has 144 valence electrons. The van der Waals surface area contributed by atoms with Gasteiger partial charge in [0.15, 0.2) is 0 Å². The number of carbonyl (C=O) groups excluding carboxylic acids is 1. The molecule has 3 aromatic carbocycles. The molecule has 0 saturated carbocycles. The van der Waals surface area contributed by atoms with Crippen molar-refractivity contribution in [2.24, 2.45) is 0 Å². The maximum atomic E-state index is 12.5. The molecule has 4 aromatic rings. The smallest absolute Gasteiger partial charge is 0.275 e. The van der Waals surface area contributed by atoms with Gasteiger partial charge in [-0.25, -0.2) is 4.68 Å². The van der Waals surface area contributed by atoms with Crippen molar-refractivity contribution in [2.45, 2.75) is 19.5 Å². The Bertz CT molecular complexity index is 1200. The first-order chi connectivity index (χ1) is 14.1. The van der Waals surface area contributed by atoms with Crippen LogP contribution in [0.2, 0.25) is 0 Å². The zero-order chi connectivity index (χ0) is 20.2. The van der Waals surface area contributed by atoms with Crippen LogP contribution in [0.15, 0.2) is 89.9 Å². The number of benzene rings is 3. The van der Waals surface area contributed by atoms with Crippen LogP contribution in [0.5, 0.6) is 0 Å². The van der Waals surface area contributed by atoms with E-state index < -0.39 is 0 Å². The van der Waals surface area contributed by atoms with Gasteiger partial charge in [0.2, 0.25) is 5.91 Å². The zero-order valence-corrected chi connectivity index (χ0v) is 16.1. The van der Waals surface area contributed by atoms with E-state index in [1.807, 2.05) is 61.5 Å². The minimum Gasteiger partial charge on any atom is -0.348 e. The Morgan fingerprint density at radius 2 is 1.59 bits per heavy atom. The van der Waals surface area contributed by atoms with E-state index in [-0.39, 0.29) is 24.1 Å². The third-order valence-corrected chi connectivity index (χ3v) is 4.95. The molecule has 0 radical (unpaired) electrons. The average molecular weight is 383 g/mol. The molecule has 1 amide bonds. The molecule has 29 heavy (non-hydrogen) atoms. The SMILES string of the molecule is C[C@H](NC(=O)Cn1ncc2ccccc2c1=O)c1ccc(-c2ccccc2)cc1. The van der Waals surface area contributed by atoms with E-state index in [1.165, 1.54) is 4.68 Å². The molecule has 0 aliphatic heterocycles. The molecular weight excluding hydrogens is 362 g/mol. The summed E-state index contributed by atoms with van der Waals surface area (Å²) >= 11 is 0. The largest absolute Gasteiger partial charge is 0.348 e. The van der Waals surface area contributed by atoms with Crippen molar-refractivity contribution < 1.29 is 4.79 Å². The van der Waals surface area contributed by atoms with E-state index in [0.29, 0.717) is 5.39 Å². The lowest BCUT2D eigenvalue weighted by atomic mass is 10.0. The van der Waals surface area contributed by atoms with E-state index in [1.54, 1.807) is 18.3 Å². The quantitative estimate of drug-likeness (QED) is 0.568. The molecule has 1 N–H and O–H groups in total. The first kappa shape index (κ1) is 18.6.